The standard InChI is InChI=1S/C27H32N6O4/c1-19-7-9-21(10-8-19)18-32-25(29-26(35)33(27(32)36)17-20(2)24(34)30-37)28-22-11-13-23(14-12-22)31-15-5-3-4-6-16-31/h7-14,20H,3-6,15-18H2,1-2H3,(H,28,29,35)/t20-/m0/s1. The van der Waals surface area contributed by atoms with Crippen LogP contribution in [0, 0.1) is 17.7 Å². The molecule has 0 bridgehead atoms. The second-order valence-electron chi connectivity index (χ2n) is 9.58. The van der Waals surface area contributed by atoms with Crippen molar-refractivity contribution < 1.29 is 4.79 Å². The molecule has 1 amide bonds. The first-order chi connectivity index (χ1) is 17.9. The monoisotopic (exact) mass is 504 g/mol. The van der Waals surface area contributed by atoms with Gasteiger partial charge in [-0.25, -0.2) is 19.1 Å². The summed E-state index contributed by atoms with van der Waals surface area (Å²) in [5, 5.41) is 2.42. The van der Waals surface area contributed by atoms with Gasteiger partial charge < -0.3 is 4.90 Å². The molecule has 1 atom stereocenters. The Labute approximate surface area is 214 Å². The summed E-state index contributed by atoms with van der Waals surface area (Å²) < 4.78 is 2.27. The van der Waals surface area contributed by atoms with Gasteiger partial charge in [-0.2, -0.15) is 0 Å². The zero-order valence-corrected chi connectivity index (χ0v) is 21.2. The number of aromatic amines is 1. The number of rotatable bonds is 7. The van der Waals surface area contributed by atoms with Crippen molar-refractivity contribution in [2.45, 2.75) is 52.6 Å². The molecule has 2 heterocycles. The van der Waals surface area contributed by atoms with E-state index in [1.54, 1.807) is 0 Å². The molecular formula is C27H32N6O4. The molecule has 37 heavy (non-hydrogen) atoms. The Morgan fingerprint density at radius 3 is 2.22 bits per heavy atom. The minimum absolute atomic E-state index is 0.0989. The SMILES string of the molecule is Cc1ccc(Cn2c(=O)n(C[C@H](C)C(=O)N=O)c(=O)[nH]/c2=N\c2ccc(N3CCCCCC3)cc2)cc1. The van der Waals surface area contributed by atoms with Crippen molar-refractivity contribution in [2.75, 3.05) is 18.0 Å². The molecule has 1 saturated heterocycles. The number of benzene rings is 2. The summed E-state index contributed by atoms with van der Waals surface area (Å²) in [6, 6.07) is 15.4. The molecule has 0 aliphatic carbocycles. The minimum atomic E-state index is -0.922. The van der Waals surface area contributed by atoms with Crippen molar-refractivity contribution in [3.63, 3.8) is 0 Å². The summed E-state index contributed by atoms with van der Waals surface area (Å²) in [4.78, 5) is 58.3. The molecule has 0 radical (unpaired) electrons. The van der Waals surface area contributed by atoms with E-state index >= 15 is 0 Å². The lowest BCUT2D eigenvalue weighted by molar-refractivity contribution is -0.121. The van der Waals surface area contributed by atoms with Crippen LogP contribution < -0.4 is 21.9 Å². The van der Waals surface area contributed by atoms with Crippen molar-refractivity contribution in [2.24, 2.45) is 16.1 Å². The van der Waals surface area contributed by atoms with E-state index in [0.717, 1.165) is 34.5 Å². The van der Waals surface area contributed by atoms with Gasteiger partial charge in [-0.3, -0.25) is 14.3 Å². The third-order valence-electron chi connectivity index (χ3n) is 6.67. The normalized spacial score (nSPS) is 15.3. The van der Waals surface area contributed by atoms with Gasteiger partial charge in [0.2, 0.25) is 5.62 Å². The lowest BCUT2D eigenvalue weighted by Gasteiger charge is -2.22. The van der Waals surface area contributed by atoms with Crippen LogP contribution in [0.2, 0.25) is 0 Å². The number of hydrogen-bond donors (Lipinski definition) is 1. The highest BCUT2D eigenvalue weighted by molar-refractivity contribution is 5.78. The molecular weight excluding hydrogens is 472 g/mol. The van der Waals surface area contributed by atoms with Gasteiger partial charge in [0, 0.05) is 30.5 Å². The molecule has 0 unspecified atom stereocenters. The van der Waals surface area contributed by atoms with Crippen LogP contribution in [0.25, 0.3) is 0 Å². The summed E-state index contributed by atoms with van der Waals surface area (Å²) in [5.41, 5.74) is 2.40. The van der Waals surface area contributed by atoms with Crippen LogP contribution in [0.3, 0.4) is 0 Å². The highest BCUT2D eigenvalue weighted by atomic mass is 16.3. The Hall–Kier alpha value is -4.08. The summed E-state index contributed by atoms with van der Waals surface area (Å²) in [6.45, 7) is 5.37. The Balaban J connectivity index is 1.75. The lowest BCUT2D eigenvalue weighted by Crippen LogP contribution is -2.51. The smallest absolute Gasteiger partial charge is 0.335 e. The van der Waals surface area contributed by atoms with Crippen molar-refractivity contribution in [3.8, 4) is 0 Å². The molecule has 1 aromatic heterocycles. The summed E-state index contributed by atoms with van der Waals surface area (Å²) in [5.74, 6) is -1.84. The van der Waals surface area contributed by atoms with Gasteiger partial charge in [-0.05, 0) is 49.6 Å². The Morgan fingerprint density at radius 1 is 0.946 bits per heavy atom. The van der Waals surface area contributed by atoms with Crippen molar-refractivity contribution in [1.29, 1.82) is 0 Å². The predicted octanol–water partition coefficient (Wildman–Crippen LogP) is 3.24. The summed E-state index contributed by atoms with van der Waals surface area (Å²) >= 11 is 0. The number of anilines is 1. The first kappa shape index (κ1) is 26.0. The third kappa shape index (κ3) is 6.38. The molecule has 3 aromatic rings. The first-order valence-electron chi connectivity index (χ1n) is 12.6. The second-order valence-corrected chi connectivity index (χ2v) is 9.58. The van der Waals surface area contributed by atoms with Crippen molar-refractivity contribution in [1.82, 2.24) is 14.1 Å². The second kappa shape index (κ2) is 11.8. The zero-order valence-electron chi connectivity index (χ0n) is 21.2. The van der Waals surface area contributed by atoms with Crippen LogP contribution in [-0.4, -0.2) is 33.1 Å². The minimum Gasteiger partial charge on any atom is -0.372 e. The van der Waals surface area contributed by atoms with Crippen LogP contribution in [0.15, 0.2) is 68.3 Å². The number of H-pyrrole nitrogens is 1. The number of carbonyl (C=O) groups is 1. The molecule has 4 rings (SSSR count). The van der Waals surface area contributed by atoms with E-state index in [1.807, 2.05) is 55.5 Å². The Kier molecular flexibility index (Phi) is 8.27. The van der Waals surface area contributed by atoms with Gasteiger partial charge >= 0.3 is 11.4 Å². The Morgan fingerprint density at radius 2 is 1.59 bits per heavy atom. The predicted molar refractivity (Wildman–Crippen MR) is 142 cm³/mol. The lowest BCUT2D eigenvalue weighted by atomic mass is 10.1. The van der Waals surface area contributed by atoms with Crippen LogP contribution in [0.5, 0.6) is 0 Å². The average Bonchev–Trinajstić information content (AvgIpc) is 3.19. The van der Waals surface area contributed by atoms with Gasteiger partial charge in [-0.1, -0.05) is 49.6 Å². The summed E-state index contributed by atoms with van der Waals surface area (Å²) in [7, 11) is 0. The topological polar surface area (TPSA) is 122 Å². The van der Waals surface area contributed by atoms with Crippen LogP contribution >= 0.6 is 0 Å². The van der Waals surface area contributed by atoms with E-state index in [0.29, 0.717) is 5.69 Å². The number of aryl methyl sites for hydroxylation is 1. The van der Waals surface area contributed by atoms with Crippen molar-refractivity contribution in [3.05, 3.63) is 91.2 Å². The van der Waals surface area contributed by atoms with Gasteiger partial charge in [-0.15, -0.1) is 4.91 Å². The molecule has 1 N–H and O–H groups in total. The average molecular weight is 505 g/mol. The maximum atomic E-state index is 13.4. The highest BCUT2D eigenvalue weighted by Crippen LogP contribution is 2.22. The molecule has 1 aliphatic rings. The van der Waals surface area contributed by atoms with E-state index in [9.17, 15) is 19.3 Å². The number of nitroso groups, excluding NO2 is 1. The van der Waals surface area contributed by atoms with E-state index in [-0.39, 0.29) is 18.7 Å². The molecule has 2 aromatic carbocycles. The molecule has 1 aliphatic heterocycles. The maximum Gasteiger partial charge on any atom is 0.335 e. The third-order valence-corrected chi connectivity index (χ3v) is 6.67. The fraction of sp³-hybridized carbons (Fsp3) is 0.407. The van der Waals surface area contributed by atoms with Gasteiger partial charge in [0.15, 0.2) is 0 Å². The molecule has 194 valence electrons. The fourth-order valence-electron chi connectivity index (χ4n) is 4.45. The molecule has 10 nitrogen and oxygen atoms in total. The maximum absolute atomic E-state index is 13.4. The van der Waals surface area contributed by atoms with E-state index in [4.69, 9.17) is 0 Å². The number of amides is 1. The molecule has 0 saturated carbocycles. The van der Waals surface area contributed by atoms with E-state index < -0.39 is 23.2 Å². The van der Waals surface area contributed by atoms with E-state index in [2.05, 4.69) is 20.1 Å². The van der Waals surface area contributed by atoms with Gasteiger partial charge in [0.25, 0.3) is 5.91 Å². The number of hydrogen-bond acceptors (Lipinski definition) is 6. The number of nitrogens with one attached hydrogen (secondary N) is 1. The largest absolute Gasteiger partial charge is 0.372 e. The molecule has 0 spiro atoms. The number of carbonyl (C=O) groups excluding carboxylic acids is 1. The van der Waals surface area contributed by atoms with Crippen molar-refractivity contribution >= 4 is 17.3 Å². The number of nitrogens with zero attached hydrogens (tertiary/aromatic N) is 5. The van der Waals surface area contributed by atoms with Crippen LogP contribution in [0.4, 0.5) is 11.4 Å². The van der Waals surface area contributed by atoms with Crippen LogP contribution in [-0.2, 0) is 17.9 Å². The zero-order chi connectivity index (χ0) is 26.4. The van der Waals surface area contributed by atoms with Gasteiger partial charge in [0.05, 0.1) is 18.2 Å². The molecule has 1 fully saturated rings. The number of aromatic nitrogens is 3. The molecule has 10 heteroatoms. The highest BCUT2D eigenvalue weighted by Gasteiger charge is 2.18. The Bertz CT molecular complexity index is 1430. The van der Waals surface area contributed by atoms with Crippen LogP contribution in [0.1, 0.15) is 43.7 Å². The summed E-state index contributed by atoms with van der Waals surface area (Å²) in [6.07, 6.45) is 4.86. The van der Waals surface area contributed by atoms with E-state index in [1.165, 1.54) is 37.2 Å². The first-order valence-corrected chi connectivity index (χ1v) is 12.6. The van der Waals surface area contributed by atoms with Gasteiger partial charge in [0.1, 0.15) is 0 Å². The fourth-order valence-corrected chi connectivity index (χ4v) is 4.45. The quantitative estimate of drug-likeness (QED) is 0.495.